The van der Waals surface area contributed by atoms with Gasteiger partial charge in [0.15, 0.2) is 17.5 Å². The number of carbonyl (C=O) groups excluding carboxylic acids is 3. The molecule has 2 unspecified atom stereocenters. The molecule has 2 atom stereocenters. The lowest BCUT2D eigenvalue weighted by Crippen LogP contribution is -2.66. The van der Waals surface area contributed by atoms with Crippen molar-refractivity contribution in [3.8, 4) is 0 Å². The Labute approximate surface area is 211 Å². The summed E-state index contributed by atoms with van der Waals surface area (Å²) in [5.74, 6) is -10.4. The fraction of sp³-hybridized carbons (Fsp3) is 0.375. The Balaban J connectivity index is 1.31. The number of Topliss-reactive ketones (excluding diaryl/α,β-unsaturated/α-hetero) is 1. The van der Waals surface area contributed by atoms with Crippen LogP contribution in [0, 0.1) is 30.3 Å². The summed E-state index contributed by atoms with van der Waals surface area (Å²) in [4.78, 5) is 39.7. The molecule has 2 saturated carbocycles. The van der Waals surface area contributed by atoms with Gasteiger partial charge in [0.2, 0.25) is 0 Å². The molecule has 6 rings (SSSR count). The minimum atomic E-state index is -3.03. The molecule has 3 heterocycles. The van der Waals surface area contributed by atoms with E-state index in [0.717, 1.165) is 6.42 Å². The average Bonchev–Trinajstić information content (AvgIpc) is 3.15. The summed E-state index contributed by atoms with van der Waals surface area (Å²) in [6, 6.07) is 1.17. The number of hydrogen-bond acceptors (Lipinski definition) is 6. The number of nitrogens with zero attached hydrogens (tertiary/aromatic N) is 1. The number of anilines is 1. The second-order valence-corrected chi connectivity index (χ2v) is 10.2. The molecule has 2 fully saturated rings. The molecule has 1 aromatic carbocycles. The number of fused-ring (bicyclic) bond motifs is 3. The molecular formula is C24H21F5N6O3. The zero-order valence-corrected chi connectivity index (χ0v) is 19.8. The van der Waals surface area contributed by atoms with Crippen molar-refractivity contribution in [1.29, 1.82) is 0 Å². The lowest BCUT2D eigenvalue weighted by Gasteiger charge is -2.47. The SMILES string of the molecule is Cc1c(C(=O)C(=O)NC2(C3=CNNN3)CC(F)(F)C2)c2n(c1C(=O)Nc1cc(F)c(F)c(F)c1)C1CC1C2. The highest BCUT2D eigenvalue weighted by atomic mass is 19.3. The number of carbonyl (C=O) groups is 3. The van der Waals surface area contributed by atoms with Gasteiger partial charge < -0.3 is 26.1 Å². The highest BCUT2D eigenvalue weighted by molar-refractivity contribution is 6.44. The normalized spacial score (nSPS) is 23.3. The van der Waals surface area contributed by atoms with Crippen LogP contribution in [-0.4, -0.2) is 33.6 Å². The molecule has 14 heteroatoms. The number of benzene rings is 1. The third kappa shape index (κ3) is 3.65. The van der Waals surface area contributed by atoms with E-state index in [9.17, 15) is 36.3 Å². The molecule has 0 saturated heterocycles. The van der Waals surface area contributed by atoms with Gasteiger partial charge in [-0.25, -0.2) is 22.0 Å². The van der Waals surface area contributed by atoms with Crippen LogP contribution < -0.4 is 27.0 Å². The maximum atomic E-state index is 13.8. The van der Waals surface area contributed by atoms with E-state index in [-0.39, 0.29) is 40.2 Å². The summed E-state index contributed by atoms with van der Waals surface area (Å²) in [5.41, 5.74) is 6.81. The summed E-state index contributed by atoms with van der Waals surface area (Å²) in [7, 11) is 0. The van der Waals surface area contributed by atoms with Crippen molar-refractivity contribution in [1.82, 2.24) is 26.3 Å². The van der Waals surface area contributed by atoms with Crippen molar-refractivity contribution in [2.24, 2.45) is 5.92 Å². The number of alkyl halides is 2. The van der Waals surface area contributed by atoms with Crippen molar-refractivity contribution in [2.45, 2.75) is 50.1 Å². The van der Waals surface area contributed by atoms with Crippen LogP contribution in [0.15, 0.2) is 24.0 Å². The largest absolute Gasteiger partial charge is 0.338 e. The number of halogens is 5. The molecule has 9 nitrogen and oxygen atoms in total. The first-order valence-electron chi connectivity index (χ1n) is 11.8. The van der Waals surface area contributed by atoms with Crippen LogP contribution >= 0.6 is 0 Å². The van der Waals surface area contributed by atoms with E-state index in [1.54, 1.807) is 4.57 Å². The zero-order valence-electron chi connectivity index (χ0n) is 19.8. The van der Waals surface area contributed by atoms with Crippen molar-refractivity contribution < 1.29 is 36.3 Å². The molecule has 200 valence electrons. The molecule has 2 aromatic rings. The molecule has 4 aliphatic rings. The predicted octanol–water partition coefficient (Wildman–Crippen LogP) is 2.50. The molecule has 38 heavy (non-hydrogen) atoms. The van der Waals surface area contributed by atoms with Crippen LogP contribution in [0.25, 0.3) is 0 Å². The summed E-state index contributed by atoms with van der Waals surface area (Å²) < 4.78 is 70.0. The summed E-state index contributed by atoms with van der Waals surface area (Å²) in [6.07, 6.45) is 1.13. The Morgan fingerprint density at radius 3 is 2.39 bits per heavy atom. The zero-order chi connectivity index (χ0) is 27.1. The summed E-state index contributed by atoms with van der Waals surface area (Å²) in [6.45, 7) is 1.46. The van der Waals surface area contributed by atoms with Crippen LogP contribution in [0.4, 0.5) is 27.6 Å². The number of nitrogens with one attached hydrogen (secondary N) is 5. The van der Waals surface area contributed by atoms with Crippen LogP contribution in [0.3, 0.4) is 0 Å². The van der Waals surface area contributed by atoms with Crippen molar-refractivity contribution >= 4 is 23.3 Å². The van der Waals surface area contributed by atoms with Crippen LogP contribution in [0.1, 0.15) is 57.4 Å². The van der Waals surface area contributed by atoms with Crippen LogP contribution in [0.5, 0.6) is 0 Å². The Hall–Kier alpha value is -3.94. The van der Waals surface area contributed by atoms with E-state index in [4.69, 9.17) is 0 Å². The van der Waals surface area contributed by atoms with Crippen molar-refractivity contribution in [3.05, 3.63) is 64.0 Å². The topological polar surface area (TPSA) is 116 Å². The van der Waals surface area contributed by atoms with Gasteiger partial charge >= 0.3 is 0 Å². The second kappa shape index (κ2) is 8.03. The number of aromatic nitrogens is 1. The van der Waals surface area contributed by atoms with E-state index >= 15 is 0 Å². The van der Waals surface area contributed by atoms with Gasteiger partial charge in [-0.3, -0.25) is 14.4 Å². The molecule has 2 amide bonds. The molecule has 1 aromatic heterocycles. The first-order chi connectivity index (χ1) is 17.9. The second-order valence-electron chi connectivity index (χ2n) is 10.2. The Bertz CT molecular complexity index is 1440. The smallest absolute Gasteiger partial charge is 0.293 e. The fourth-order valence-electron chi connectivity index (χ4n) is 5.82. The minimum Gasteiger partial charge on any atom is -0.338 e. The maximum absolute atomic E-state index is 13.8. The molecule has 0 spiro atoms. The third-order valence-electron chi connectivity index (χ3n) is 7.59. The van der Waals surface area contributed by atoms with E-state index in [1.165, 1.54) is 13.1 Å². The fourth-order valence-corrected chi connectivity index (χ4v) is 5.82. The van der Waals surface area contributed by atoms with E-state index in [0.29, 0.717) is 24.2 Å². The van der Waals surface area contributed by atoms with Gasteiger partial charge in [0.25, 0.3) is 23.5 Å². The van der Waals surface area contributed by atoms with Crippen molar-refractivity contribution in [3.63, 3.8) is 0 Å². The average molecular weight is 536 g/mol. The third-order valence-corrected chi connectivity index (χ3v) is 7.59. The number of rotatable bonds is 6. The molecule has 2 aliphatic heterocycles. The Morgan fingerprint density at radius 2 is 1.79 bits per heavy atom. The van der Waals surface area contributed by atoms with Gasteiger partial charge in [-0.1, -0.05) is 0 Å². The van der Waals surface area contributed by atoms with Crippen molar-refractivity contribution in [2.75, 3.05) is 5.32 Å². The Morgan fingerprint density at radius 1 is 1.11 bits per heavy atom. The van der Waals surface area contributed by atoms with Gasteiger partial charge in [0.1, 0.15) is 5.69 Å². The molecule has 2 aliphatic carbocycles. The standard InChI is InChI=1S/C24H21F5N6O3/c1-9-17(20(36)22(38)32-23(7-24(28,29)8-23)16-6-30-34-33-16)15-3-10-2-14(10)35(15)19(9)21(37)31-11-4-12(25)18(27)13(26)5-11/h4-6,10,14,30,33-34H,2-3,7-8H2,1H3,(H,31,37)(H,32,38). The summed E-state index contributed by atoms with van der Waals surface area (Å²) in [5, 5.41) is 4.78. The molecular weight excluding hydrogens is 515 g/mol. The first kappa shape index (κ1) is 24.4. The highest BCUT2D eigenvalue weighted by Crippen LogP contribution is 2.54. The monoisotopic (exact) mass is 536 g/mol. The summed E-state index contributed by atoms with van der Waals surface area (Å²) >= 11 is 0. The Kier molecular flexibility index (Phi) is 5.15. The van der Waals surface area contributed by atoms with E-state index in [2.05, 4.69) is 27.0 Å². The number of amides is 2. The quantitative estimate of drug-likeness (QED) is 0.168. The highest BCUT2D eigenvalue weighted by Gasteiger charge is 2.60. The van der Waals surface area contributed by atoms with E-state index < -0.39 is 59.4 Å². The van der Waals surface area contributed by atoms with Gasteiger partial charge in [0.05, 0.1) is 16.8 Å². The van der Waals surface area contributed by atoms with Gasteiger partial charge in [-0.2, -0.15) is 5.53 Å². The minimum absolute atomic E-state index is 0.0119. The first-order valence-corrected chi connectivity index (χ1v) is 11.8. The molecule has 0 radical (unpaired) electrons. The lowest BCUT2D eigenvalue weighted by molar-refractivity contribution is -0.138. The van der Waals surface area contributed by atoms with E-state index in [1.807, 2.05) is 0 Å². The van der Waals surface area contributed by atoms with Gasteiger partial charge in [-0.05, 0) is 31.2 Å². The molecule has 0 bridgehead atoms. The van der Waals surface area contributed by atoms with Crippen LogP contribution in [-0.2, 0) is 11.2 Å². The number of ketones is 1. The number of hydrogen-bond donors (Lipinski definition) is 5. The van der Waals surface area contributed by atoms with Gasteiger partial charge in [0, 0.05) is 48.6 Å². The predicted molar refractivity (Wildman–Crippen MR) is 121 cm³/mol. The number of hydrazine groups is 2. The molecule has 5 N–H and O–H groups in total. The maximum Gasteiger partial charge on any atom is 0.293 e. The van der Waals surface area contributed by atoms with Gasteiger partial charge in [-0.15, -0.1) is 0 Å². The lowest BCUT2D eigenvalue weighted by atomic mass is 9.71. The van der Waals surface area contributed by atoms with Crippen LogP contribution in [0.2, 0.25) is 0 Å².